The average Bonchev–Trinajstić information content (AvgIpc) is 3.13. The molecular weight excluding hydrogens is 390 g/mol. The number of amides is 1. The maximum atomic E-state index is 12.7. The third-order valence-corrected chi connectivity index (χ3v) is 5.39. The van der Waals surface area contributed by atoms with Crippen molar-refractivity contribution in [3.8, 4) is 5.75 Å². The number of rotatable bonds is 7. The van der Waals surface area contributed by atoms with Crippen molar-refractivity contribution >= 4 is 17.6 Å². The van der Waals surface area contributed by atoms with Gasteiger partial charge in [-0.3, -0.25) is 4.79 Å². The Hall–Kier alpha value is -3.60. The van der Waals surface area contributed by atoms with E-state index in [1.54, 1.807) is 4.90 Å². The number of esters is 1. The number of carbonyl (C=O) groups is 2. The molecule has 158 valence electrons. The van der Waals surface area contributed by atoms with Crippen LogP contribution in [0.1, 0.15) is 23.6 Å². The number of hydrogen-bond donors (Lipinski definition) is 0. The molecule has 0 saturated carbocycles. The van der Waals surface area contributed by atoms with E-state index in [1.165, 1.54) is 0 Å². The number of nitrogens with zero attached hydrogens (tertiary/aromatic N) is 1. The summed E-state index contributed by atoms with van der Waals surface area (Å²) in [5.74, 6) is -0.157. The van der Waals surface area contributed by atoms with E-state index in [0.717, 1.165) is 28.8 Å². The molecule has 1 aliphatic heterocycles. The first kappa shape index (κ1) is 20.7. The first-order chi connectivity index (χ1) is 15.1. The number of para-hydroxylation sites is 2. The van der Waals surface area contributed by atoms with Crippen LogP contribution in [0.15, 0.2) is 78.9 Å². The van der Waals surface area contributed by atoms with Crippen LogP contribution in [0.25, 0.3) is 0 Å². The van der Waals surface area contributed by atoms with E-state index in [9.17, 15) is 9.59 Å². The van der Waals surface area contributed by atoms with Gasteiger partial charge in [-0.25, -0.2) is 4.79 Å². The Morgan fingerprint density at radius 1 is 0.903 bits per heavy atom. The van der Waals surface area contributed by atoms with Crippen molar-refractivity contribution in [3.63, 3.8) is 0 Å². The second kappa shape index (κ2) is 9.47. The van der Waals surface area contributed by atoms with Crippen LogP contribution in [-0.2, 0) is 27.2 Å². The molecule has 1 atom stereocenters. The van der Waals surface area contributed by atoms with Crippen LogP contribution in [0.2, 0.25) is 0 Å². The summed E-state index contributed by atoms with van der Waals surface area (Å²) in [6, 6.07) is 25.5. The van der Waals surface area contributed by atoms with Gasteiger partial charge in [0, 0.05) is 18.2 Å². The fourth-order valence-corrected chi connectivity index (χ4v) is 3.94. The second-order valence-electron chi connectivity index (χ2n) is 7.67. The Kier molecular flexibility index (Phi) is 6.32. The summed E-state index contributed by atoms with van der Waals surface area (Å²) in [5, 5.41) is 0. The highest BCUT2D eigenvalue weighted by molar-refractivity contribution is 5.97. The van der Waals surface area contributed by atoms with Crippen molar-refractivity contribution in [1.82, 2.24) is 0 Å². The maximum Gasteiger partial charge on any atom is 0.344 e. The molecule has 0 bridgehead atoms. The standard InChI is InChI=1S/C26H25NO4/c1-19-15-21-11-5-7-13-23(21)27(19)25(28)17-31-26(29)18-30-24-14-8-6-12-22(24)16-20-9-3-2-4-10-20/h2-14,19H,15-18H2,1H3. The molecule has 0 fully saturated rings. The van der Waals surface area contributed by atoms with E-state index in [1.807, 2.05) is 85.8 Å². The molecular formula is C26H25NO4. The summed E-state index contributed by atoms with van der Waals surface area (Å²) in [4.78, 5) is 26.6. The van der Waals surface area contributed by atoms with Gasteiger partial charge < -0.3 is 14.4 Å². The van der Waals surface area contributed by atoms with E-state index < -0.39 is 5.97 Å². The number of carbonyl (C=O) groups excluding carboxylic acids is 2. The predicted octanol–water partition coefficient (Wildman–Crippen LogP) is 4.18. The van der Waals surface area contributed by atoms with Crippen molar-refractivity contribution in [1.29, 1.82) is 0 Å². The van der Waals surface area contributed by atoms with Crippen molar-refractivity contribution in [2.24, 2.45) is 0 Å². The lowest BCUT2D eigenvalue weighted by atomic mass is 10.0. The predicted molar refractivity (Wildman–Crippen MR) is 119 cm³/mol. The zero-order valence-corrected chi connectivity index (χ0v) is 17.5. The van der Waals surface area contributed by atoms with E-state index in [0.29, 0.717) is 12.2 Å². The minimum atomic E-state index is -0.567. The molecule has 0 saturated heterocycles. The Labute approximate surface area is 182 Å². The van der Waals surface area contributed by atoms with E-state index in [2.05, 4.69) is 0 Å². The van der Waals surface area contributed by atoms with Gasteiger partial charge >= 0.3 is 5.97 Å². The lowest BCUT2D eigenvalue weighted by Gasteiger charge is -2.22. The zero-order chi connectivity index (χ0) is 21.6. The lowest BCUT2D eigenvalue weighted by molar-refractivity contribution is -0.149. The third-order valence-electron chi connectivity index (χ3n) is 5.39. The molecule has 3 aromatic carbocycles. The fraction of sp³-hybridized carbons (Fsp3) is 0.231. The summed E-state index contributed by atoms with van der Waals surface area (Å²) >= 11 is 0. The first-order valence-corrected chi connectivity index (χ1v) is 10.4. The number of fused-ring (bicyclic) bond motifs is 1. The molecule has 31 heavy (non-hydrogen) atoms. The molecule has 1 aliphatic rings. The van der Waals surface area contributed by atoms with Gasteiger partial charge in [-0.15, -0.1) is 0 Å². The third kappa shape index (κ3) is 4.94. The molecule has 0 aromatic heterocycles. The molecule has 1 amide bonds. The molecule has 0 N–H and O–H groups in total. The Bertz CT molecular complexity index is 1060. The van der Waals surface area contributed by atoms with Crippen molar-refractivity contribution in [2.45, 2.75) is 25.8 Å². The monoisotopic (exact) mass is 415 g/mol. The van der Waals surface area contributed by atoms with Crippen LogP contribution in [-0.4, -0.2) is 31.1 Å². The van der Waals surface area contributed by atoms with Gasteiger partial charge in [0.25, 0.3) is 5.91 Å². The smallest absolute Gasteiger partial charge is 0.344 e. The fourth-order valence-electron chi connectivity index (χ4n) is 3.94. The quantitative estimate of drug-likeness (QED) is 0.544. The highest BCUT2D eigenvalue weighted by Gasteiger charge is 2.30. The van der Waals surface area contributed by atoms with Crippen LogP contribution in [0.4, 0.5) is 5.69 Å². The summed E-state index contributed by atoms with van der Waals surface area (Å²) < 4.78 is 10.9. The van der Waals surface area contributed by atoms with Crippen LogP contribution in [0, 0.1) is 0 Å². The summed E-state index contributed by atoms with van der Waals surface area (Å²) in [7, 11) is 0. The van der Waals surface area contributed by atoms with Crippen molar-refractivity contribution in [2.75, 3.05) is 18.1 Å². The van der Waals surface area contributed by atoms with Gasteiger partial charge in [0.2, 0.25) is 0 Å². The Morgan fingerprint density at radius 2 is 1.61 bits per heavy atom. The van der Waals surface area contributed by atoms with Crippen LogP contribution in [0.3, 0.4) is 0 Å². The molecule has 1 heterocycles. The number of ether oxygens (including phenoxy) is 2. The Morgan fingerprint density at radius 3 is 2.45 bits per heavy atom. The summed E-state index contributed by atoms with van der Waals surface area (Å²) in [6.07, 6.45) is 1.51. The summed E-state index contributed by atoms with van der Waals surface area (Å²) in [5.41, 5.74) is 4.17. The molecule has 4 rings (SSSR count). The van der Waals surface area contributed by atoms with Gasteiger partial charge in [0.15, 0.2) is 13.2 Å². The van der Waals surface area contributed by atoms with E-state index in [4.69, 9.17) is 9.47 Å². The zero-order valence-electron chi connectivity index (χ0n) is 17.5. The molecule has 3 aromatic rings. The first-order valence-electron chi connectivity index (χ1n) is 10.4. The number of anilines is 1. The number of benzene rings is 3. The SMILES string of the molecule is CC1Cc2ccccc2N1C(=O)COC(=O)COc1ccccc1Cc1ccccc1. The summed E-state index contributed by atoms with van der Waals surface area (Å²) in [6.45, 7) is 1.45. The van der Waals surface area contributed by atoms with Gasteiger partial charge in [-0.1, -0.05) is 66.7 Å². The van der Waals surface area contributed by atoms with Crippen LogP contribution >= 0.6 is 0 Å². The molecule has 0 spiro atoms. The lowest BCUT2D eigenvalue weighted by Crippen LogP contribution is -2.39. The van der Waals surface area contributed by atoms with Crippen LogP contribution < -0.4 is 9.64 Å². The molecule has 5 heteroatoms. The topological polar surface area (TPSA) is 55.8 Å². The van der Waals surface area contributed by atoms with Crippen LogP contribution in [0.5, 0.6) is 5.75 Å². The van der Waals surface area contributed by atoms with Gasteiger partial charge in [0.05, 0.1) is 0 Å². The van der Waals surface area contributed by atoms with E-state index >= 15 is 0 Å². The number of hydrogen-bond acceptors (Lipinski definition) is 4. The highest BCUT2D eigenvalue weighted by Crippen LogP contribution is 2.31. The minimum absolute atomic E-state index is 0.0460. The van der Waals surface area contributed by atoms with Gasteiger partial charge in [-0.2, -0.15) is 0 Å². The largest absolute Gasteiger partial charge is 0.482 e. The minimum Gasteiger partial charge on any atom is -0.482 e. The van der Waals surface area contributed by atoms with Crippen molar-refractivity contribution < 1.29 is 19.1 Å². The molecule has 1 unspecified atom stereocenters. The van der Waals surface area contributed by atoms with Gasteiger partial charge in [-0.05, 0) is 42.2 Å². The highest BCUT2D eigenvalue weighted by atomic mass is 16.6. The second-order valence-corrected chi connectivity index (χ2v) is 7.67. The van der Waals surface area contributed by atoms with Gasteiger partial charge in [0.1, 0.15) is 5.75 Å². The van der Waals surface area contributed by atoms with Crippen molar-refractivity contribution in [3.05, 3.63) is 95.6 Å². The normalized spacial score (nSPS) is 14.7. The Balaban J connectivity index is 1.31. The van der Waals surface area contributed by atoms with E-state index in [-0.39, 0.29) is 25.2 Å². The molecule has 0 radical (unpaired) electrons. The molecule has 0 aliphatic carbocycles. The molecule has 5 nitrogen and oxygen atoms in total. The average molecular weight is 415 g/mol. The maximum absolute atomic E-state index is 12.7.